The maximum absolute atomic E-state index is 12.2. The van der Waals surface area contributed by atoms with Gasteiger partial charge in [0.05, 0.1) is 0 Å². The molecular weight excluding hydrogens is 214 g/mol. The lowest BCUT2D eigenvalue weighted by atomic mass is 10.1. The second kappa shape index (κ2) is 4.94. The second-order valence-corrected chi connectivity index (χ2v) is 5.67. The van der Waals surface area contributed by atoms with Gasteiger partial charge in [0.1, 0.15) is 0 Å². The fourth-order valence-corrected chi connectivity index (χ4v) is 3.49. The van der Waals surface area contributed by atoms with Crippen LogP contribution in [0.25, 0.3) is 0 Å². The van der Waals surface area contributed by atoms with Gasteiger partial charge in [-0.3, -0.25) is 9.69 Å². The van der Waals surface area contributed by atoms with Gasteiger partial charge >= 0.3 is 0 Å². The highest BCUT2D eigenvalue weighted by Crippen LogP contribution is 2.22. The van der Waals surface area contributed by atoms with E-state index < -0.39 is 0 Å². The summed E-state index contributed by atoms with van der Waals surface area (Å²) in [5, 5.41) is 3.41. The van der Waals surface area contributed by atoms with Crippen LogP contribution in [-0.2, 0) is 4.79 Å². The van der Waals surface area contributed by atoms with Crippen molar-refractivity contribution in [2.75, 3.05) is 32.7 Å². The minimum Gasteiger partial charge on any atom is -0.340 e. The van der Waals surface area contributed by atoms with Gasteiger partial charge in [0.15, 0.2) is 0 Å². The van der Waals surface area contributed by atoms with Crippen LogP contribution in [-0.4, -0.2) is 60.5 Å². The van der Waals surface area contributed by atoms with Gasteiger partial charge in [-0.05, 0) is 38.8 Å². The normalized spacial score (nSPS) is 34.0. The summed E-state index contributed by atoms with van der Waals surface area (Å²) < 4.78 is 0. The molecule has 0 aromatic rings. The van der Waals surface area contributed by atoms with E-state index in [1.807, 2.05) is 0 Å². The zero-order chi connectivity index (χ0) is 11.7. The molecule has 0 radical (unpaired) electrons. The molecule has 96 valence electrons. The first-order valence-corrected chi connectivity index (χ1v) is 7.08. The van der Waals surface area contributed by atoms with Crippen LogP contribution < -0.4 is 5.32 Å². The molecule has 3 aliphatic heterocycles. The highest BCUT2D eigenvalue weighted by atomic mass is 16.2. The minimum absolute atomic E-state index is 0.371. The molecule has 1 amide bonds. The molecule has 3 saturated heterocycles. The van der Waals surface area contributed by atoms with Gasteiger partial charge in [0.2, 0.25) is 5.91 Å². The Hall–Kier alpha value is -0.610. The van der Waals surface area contributed by atoms with E-state index >= 15 is 0 Å². The van der Waals surface area contributed by atoms with Gasteiger partial charge in [-0.15, -0.1) is 0 Å². The third kappa shape index (κ3) is 2.47. The number of fused-ring (bicyclic) bond motifs is 1. The Morgan fingerprint density at radius 3 is 2.94 bits per heavy atom. The van der Waals surface area contributed by atoms with Crippen LogP contribution in [0.1, 0.15) is 32.1 Å². The fraction of sp³-hybridized carbons (Fsp3) is 0.923. The van der Waals surface area contributed by atoms with Crippen LogP contribution in [0.5, 0.6) is 0 Å². The van der Waals surface area contributed by atoms with Gasteiger partial charge in [0.25, 0.3) is 0 Å². The van der Waals surface area contributed by atoms with Crippen molar-refractivity contribution in [2.45, 2.75) is 44.2 Å². The van der Waals surface area contributed by atoms with Crippen LogP contribution in [0.15, 0.2) is 0 Å². The first kappa shape index (κ1) is 11.5. The second-order valence-electron chi connectivity index (χ2n) is 5.67. The van der Waals surface area contributed by atoms with Crippen LogP contribution >= 0.6 is 0 Å². The van der Waals surface area contributed by atoms with Crippen LogP contribution in [0.3, 0.4) is 0 Å². The average molecular weight is 237 g/mol. The third-order valence-corrected chi connectivity index (χ3v) is 4.52. The zero-order valence-electron chi connectivity index (χ0n) is 10.5. The Labute approximate surface area is 103 Å². The number of amides is 1. The summed E-state index contributed by atoms with van der Waals surface area (Å²) in [7, 11) is 0. The molecule has 0 spiro atoms. The molecule has 17 heavy (non-hydrogen) atoms. The molecule has 0 aliphatic carbocycles. The number of carbonyl (C=O) groups excluding carboxylic acids is 1. The number of hydrogen-bond donors (Lipinski definition) is 1. The molecule has 0 bridgehead atoms. The first-order valence-electron chi connectivity index (χ1n) is 7.08. The van der Waals surface area contributed by atoms with Crippen molar-refractivity contribution in [2.24, 2.45) is 0 Å². The quantitative estimate of drug-likeness (QED) is 0.757. The van der Waals surface area contributed by atoms with E-state index in [0.29, 0.717) is 24.4 Å². The summed E-state index contributed by atoms with van der Waals surface area (Å²) >= 11 is 0. The molecule has 2 atom stereocenters. The summed E-state index contributed by atoms with van der Waals surface area (Å²) in [6, 6.07) is 1.10. The molecular formula is C13H23N3O. The van der Waals surface area contributed by atoms with Crippen molar-refractivity contribution >= 4 is 5.91 Å². The highest BCUT2D eigenvalue weighted by molar-refractivity contribution is 5.77. The van der Waals surface area contributed by atoms with Crippen molar-refractivity contribution in [1.29, 1.82) is 0 Å². The molecule has 0 aromatic heterocycles. The molecule has 3 fully saturated rings. The smallest absolute Gasteiger partial charge is 0.224 e. The number of rotatable bonds is 2. The van der Waals surface area contributed by atoms with Gasteiger partial charge in [-0.1, -0.05) is 0 Å². The molecule has 3 heterocycles. The Morgan fingerprint density at radius 1 is 1.18 bits per heavy atom. The van der Waals surface area contributed by atoms with E-state index in [1.54, 1.807) is 0 Å². The number of hydrogen-bond acceptors (Lipinski definition) is 3. The molecule has 3 rings (SSSR count). The van der Waals surface area contributed by atoms with Crippen molar-refractivity contribution < 1.29 is 4.79 Å². The van der Waals surface area contributed by atoms with Crippen LogP contribution in [0.2, 0.25) is 0 Å². The molecule has 0 aromatic carbocycles. The van der Waals surface area contributed by atoms with E-state index in [9.17, 15) is 4.79 Å². The summed E-state index contributed by atoms with van der Waals surface area (Å²) in [6.45, 7) is 5.35. The topological polar surface area (TPSA) is 35.6 Å². The van der Waals surface area contributed by atoms with Crippen molar-refractivity contribution in [3.8, 4) is 0 Å². The minimum atomic E-state index is 0.371. The SMILES string of the molecule is O=C(CC1CCCN1)N1CCN2CCCC2C1. The van der Waals surface area contributed by atoms with E-state index in [-0.39, 0.29) is 0 Å². The Balaban J connectivity index is 1.51. The summed E-state index contributed by atoms with van der Waals surface area (Å²) in [5.41, 5.74) is 0. The number of piperazine rings is 1. The molecule has 2 unspecified atom stereocenters. The first-order chi connectivity index (χ1) is 8.33. The molecule has 4 nitrogen and oxygen atoms in total. The van der Waals surface area contributed by atoms with Crippen molar-refractivity contribution in [3.05, 3.63) is 0 Å². The third-order valence-electron chi connectivity index (χ3n) is 4.52. The van der Waals surface area contributed by atoms with E-state index in [4.69, 9.17) is 0 Å². The van der Waals surface area contributed by atoms with Gasteiger partial charge in [0, 0.05) is 38.1 Å². The highest BCUT2D eigenvalue weighted by Gasteiger charge is 2.33. The average Bonchev–Trinajstić information content (AvgIpc) is 2.97. The predicted octanol–water partition coefficient (Wildman–Crippen LogP) is 0.435. The predicted molar refractivity (Wildman–Crippen MR) is 66.8 cm³/mol. The largest absolute Gasteiger partial charge is 0.340 e. The van der Waals surface area contributed by atoms with Gasteiger partial charge in [-0.25, -0.2) is 0 Å². The zero-order valence-corrected chi connectivity index (χ0v) is 10.5. The summed E-state index contributed by atoms with van der Waals surface area (Å²) in [4.78, 5) is 16.9. The molecule has 1 N–H and O–H groups in total. The number of carbonyl (C=O) groups is 1. The summed E-state index contributed by atoms with van der Waals surface area (Å²) in [5.74, 6) is 0.371. The van der Waals surface area contributed by atoms with Crippen LogP contribution in [0.4, 0.5) is 0 Å². The molecule has 0 saturated carbocycles. The Bertz CT molecular complexity index is 288. The Morgan fingerprint density at radius 2 is 2.12 bits per heavy atom. The van der Waals surface area contributed by atoms with Crippen molar-refractivity contribution in [3.63, 3.8) is 0 Å². The maximum Gasteiger partial charge on any atom is 0.224 e. The number of nitrogens with one attached hydrogen (secondary N) is 1. The van der Waals surface area contributed by atoms with E-state index in [1.165, 1.54) is 32.2 Å². The lowest BCUT2D eigenvalue weighted by molar-refractivity contribution is -0.134. The molecule has 3 aliphatic rings. The van der Waals surface area contributed by atoms with E-state index in [2.05, 4.69) is 15.1 Å². The number of nitrogens with zero attached hydrogens (tertiary/aromatic N) is 2. The standard InChI is InChI=1S/C13H23N3O/c17-13(9-11-3-1-5-14-11)16-8-7-15-6-2-4-12(15)10-16/h11-12,14H,1-10H2. The lowest BCUT2D eigenvalue weighted by Crippen LogP contribution is -2.52. The van der Waals surface area contributed by atoms with Gasteiger partial charge in [-0.2, -0.15) is 0 Å². The monoisotopic (exact) mass is 237 g/mol. The summed E-state index contributed by atoms with van der Waals surface area (Å²) in [6.07, 6.45) is 5.72. The van der Waals surface area contributed by atoms with Gasteiger partial charge < -0.3 is 10.2 Å². The molecule has 4 heteroatoms. The maximum atomic E-state index is 12.2. The Kier molecular flexibility index (Phi) is 3.34. The lowest BCUT2D eigenvalue weighted by Gasteiger charge is -2.37. The van der Waals surface area contributed by atoms with E-state index in [0.717, 1.165) is 26.2 Å². The fourth-order valence-electron chi connectivity index (χ4n) is 3.49. The van der Waals surface area contributed by atoms with Crippen LogP contribution in [0, 0.1) is 0 Å². The van der Waals surface area contributed by atoms with Crippen molar-refractivity contribution in [1.82, 2.24) is 15.1 Å².